The maximum atomic E-state index is 9.28. The zero-order valence-corrected chi connectivity index (χ0v) is 6.57. The summed E-state index contributed by atoms with van der Waals surface area (Å²) < 4.78 is 0. The molecule has 58 valence electrons. The Morgan fingerprint density at radius 2 is 2.00 bits per heavy atom. The quantitative estimate of drug-likeness (QED) is 0.655. The summed E-state index contributed by atoms with van der Waals surface area (Å²) in [6, 6.07) is 8.73. The number of rotatable bonds is 2. The van der Waals surface area contributed by atoms with Gasteiger partial charge in [0.1, 0.15) is 0 Å². The molecule has 0 amide bonds. The molecule has 0 bridgehead atoms. The van der Waals surface area contributed by atoms with Crippen molar-refractivity contribution in [3.8, 4) is 6.07 Å². The molecule has 0 aliphatic heterocycles. The molecule has 0 saturated carbocycles. The third-order valence-electron chi connectivity index (χ3n) is 1.65. The van der Waals surface area contributed by atoms with Crippen molar-refractivity contribution in [3.63, 3.8) is 0 Å². The summed E-state index contributed by atoms with van der Waals surface area (Å²) in [5, 5.41) is 17.8. The average molecular weight is 157 g/mol. The van der Waals surface area contributed by atoms with E-state index in [4.69, 9.17) is 13.1 Å². The maximum Gasteiger partial charge on any atom is 0.0991 e. The molecule has 12 heavy (non-hydrogen) atoms. The molecule has 1 aromatic carbocycles. The molecule has 0 fully saturated rings. The Balaban J connectivity index is 2.86. The minimum atomic E-state index is -0.627. The lowest BCUT2D eigenvalue weighted by atomic mass is 9.94. The topological polar surface area (TPSA) is 44.0 Å². The van der Waals surface area contributed by atoms with Crippen molar-refractivity contribution < 1.29 is 5.11 Å². The molecule has 2 nitrogen and oxygen atoms in total. The van der Waals surface area contributed by atoms with Gasteiger partial charge in [-0.3, -0.25) is 0 Å². The number of nitrogens with zero attached hydrogens (tertiary/aromatic N) is 1. The summed E-state index contributed by atoms with van der Waals surface area (Å²) in [5.74, 6) is 0. The van der Waals surface area contributed by atoms with Crippen LogP contribution in [0.4, 0.5) is 0 Å². The summed E-state index contributed by atoms with van der Waals surface area (Å²) in [4.78, 5) is 0. The third-order valence-corrected chi connectivity index (χ3v) is 1.65. The lowest BCUT2D eigenvalue weighted by Crippen LogP contribution is -1.95. The van der Waals surface area contributed by atoms with Crippen LogP contribution in [0.25, 0.3) is 0 Å². The van der Waals surface area contributed by atoms with Gasteiger partial charge in [0.05, 0.1) is 25.6 Å². The second-order valence-corrected chi connectivity index (χ2v) is 2.49. The molecule has 3 heteroatoms. The summed E-state index contributed by atoms with van der Waals surface area (Å²) in [6.45, 7) is 0. The highest BCUT2D eigenvalue weighted by Gasteiger charge is 2.02. The Hall–Kier alpha value is -1.27. The lowest BCUT2D eigenvalue weighted by molar-refractivity contribution is 0.200. The van der Waals surface area contributed by atoms with Crippen LogP contribution in [0.2, 0.25) is 6.32 Å². The Morgan fingerprint density at radius 1 is 1.42 bits per heavy atom. The van der Waals surface area contributed by atoms with E-state index in [0.717, 1.165) is 5.56 Å². The van der Waals surface area contributed by atoms with Gasteiger partial charge in [-0.15, -0.1) is 0 Å². The molecule has 0 heterocycles. The van der Waals surface area contributed by atoms with Gasteiger partial charge < -0.3 is 5.11 Å². The van der Waals surface area contributed by atoms with E-state index in [9.17, 15) is 5.11 Å². The van der Waals surface area contributed by atoms with Crippen LogP contribution in [-0.4, -0.2) is 13.0 Å². The van der Waals surface area contributed by atoms with E-state index in [1.807, 2.05) is 6.07 Å². The van der Waals surface area contributed by atoms with Crippen molar-refractivity contribution in [3.05, 3.63) is 35.4 Å². The van der Waals surface area contributed by atoms with E-state index < -0.39 is 6.10 Å². The monoisotopic (exact) mass is 157 g/mol. The van der Waals surface area contributed by atoms with Crippen LogP contribution in [0.1, 0.15) is 17.2 Å². The van der Waals surface area contributed by atoms with Gasteiger partial charge in [0.2, 0.25) is 0 Å². The van der Waals surface area contributed by atoms with E-state index in [1.165, 1.54) is 0 Å². The largest absolute Gasteiger partial charge is 0.389 e. The fraction of sp³-hybridized carbons (Fsp3) is 0.222. The van der Waals surface area contributed by atoms with Gasteiger partial charge in [0, 0.05) is 0 Å². The zero-order chi connectivity index (χ0) is 8.97. The summed E-state index contributed by atoms with van der Waals surface area (Å²) in [5.41, 5.74) is 1.33. The molecule has 1 aromatic rings. The number of hydrogen-bond acceptors (Lipinski definition) is 2. The highest BCUT2D eigenvalue weighted by atomic mass is 16.3. The summed E-state index contributed by atoms with van der Waals surface area (Å²) >= 11 is 0. The van der Waals surface area contributed by atoms with Gasteiger partial charge in [-0.2, -0.15) is 5.26 Å². The normalized spacial score (nSPS) is 12.0. The van der Waals surface area contributed by atoms with Crippen molar-refractivity contribution in [2.75, 3.05) is 0 Å². The van der Waals surface area contributed by atoms with Crippen molar-refractivity contribution in [2.45, 2.75) is 12.4 Å². The summed E-state index contributed by atoms with van der Waals surface area (Å²) in [7, 11) is 5.26. The van der Waals surface area contributed by atoms with Crippen LogP contribution in [-0.2, 0) is 0 Å². The first kappa shape index (κ1) is 8.83. The third kappa shape index (κ3) is 1.87. The number of nitriles is 1. The van der Waals surface area contributed by atoms with Crippen LogP contribution >= 0.6 is 0 Å². The number of benzene rings is 1. The molecule has 0 saturated heterocycles. The van der Waals surface area contributed by atoms with E-state index >= 15 is 0 Å². The average Bonchev–Trinajstić information content (AvgIpc) is 2.17. The first-order valence-corrected chi connectivity index (χ1v) is 3.66. The minimum absolute atomic E-state index is 0.200. The van der Waals surface area contributed by atoms with Gasteiger partial charge in [0.25, 0.3) is 0 Å². The van der Waals surface area contributed by atoms with E-state index in [2.05, 4.69) is 0 Å². The maximum absolute atomic E-state index is 9.28. The number of aliphatic hydroxyl groups is 1. The fourth-order valence-electron chi connectivity index (χ4n) is 0.916. The van der Waals surface area contributed by atoms with Gasteiger partial charge in [-0.05, 0) is 17.7 Å². The summed E-state index contributed by atoms with van der Waals surface area (Å²) in [6.07, 6.45) is -0.427. The fourth-order valence-corrected chi connectivity index (χ4v) is 0.916. The Morgan fingerprint density at radius 3 is 2.42 bits per heavy atom. The lowest BCUT2D eigenvalue weighted by Gasteiger charge is -2.06. The second-order valence-electron chi connectivity index (χ2n) is 2.49. The molecule has 1 atom stereocenters. The van der Waals surface area contributed by atoms with E-state index in [0.29, 0.717) is 5.56 Å². The van der Waals surface area contributed by atoms with Crippen LogP contribution in [0.3, 0.4) is 0 Å². The predicted octanol–water partition coefficient (Wildman–Crippen LogP) is 1.18. The molecule has 0 aliphatic carbocycles. The van der Waals surface area contributed by atoms with Crippen molar-refractivity contribution in [1.82, 2.24) is 0 Å². The smallest absolute Gasteiger partial charge is 0.0991 e. The Labute approximate surface area is 72.9 Å². The number of hydrogen-bond donors (Lipinski definition) is 1. The van der Waals surface area contributed by atoms with Crippen LogP contribution in [0.15, 0.2) is 24.3 Å². The molecule has 1 N–H and O–H groups in total. The van der Waals surface area contributed by atoms with Crippen LogP contribution in [0, 0.1) is 11.3 Å². The molecule has 0 spiro atoms. The highest BCUT2D eigenvalue weighted by molar-refractivity contribution is 6.08. The molecule has 2 radical (unpaired) electrons. The van der Waals surface area contributed by atoms with Crippen molar-refractivity contribution in [1.29, 1.82) is 5.26 Å². The van der Waals surface area contributed by atoms with E-state index in [1.54, 1.807) is 24.3 Å². The standard InChI is InChI=1S/C9H8BNO/c10-5-9(12)8-3-1-7(6-11)2-4-8/h1-4,9,12H,5H2/t9-/m1/s1. The molecular weight excluding hydrogens is 149 g/mol. The molecule has 1 rings (SSSR count). The van der Waals surface area contributed by atoms with E-state index in [-0.39, 0.29) is 6.32 Å². The van der Waals surface area contributed by atoms with Gasteiger partial charge in [-0.1, -0.05) is 18.5 Å². The second kappa shape index (κ2) is 3.94. The highest BCUT2D eigenvalue weighted by Crippen LogP contribution is 2.15. The molecule has 0 unspecified atom stereocenters. The van der Waals surface area contributed by atoms with Gasteiger partial charge >= 0.3 is 0 Å². The molecular formula is C9H8BNO. The Kier molecular flexibility index (Phi) is 2.90. The first-order valence-electron chi connectivity index (χ1n) is 3.66. The predicted molar refractivity (Wildman–Crippen MR) is 46.7 cm³/mol. The molecule has 0 aliphatic rings. The van der Waals surface area contributed by atoms with Gasteiger partial charge in [0.15, 0.2) is 0 Å². The zero-order valence-electron chi connectivity index (χ0n) is 6.57. The SMILES string of the molecule is [B]C[C@@H](O)c1ccc(C#N)cc1. The van der Waals surface area contributed by atoms with Crippen LogP contribution in [0.5, 0.6) is 0 Å². The number of aliphatic hydroxyl groups excluding tert-OH is 1. The van der Waals surface area contributed by atoms with Crippen LogP contribution < -0.4 is 0 Å². The van der Waals surface area contributed by atoms with Gasteiger partial charge in [-0.25, -0.2) is 0 Å². The first-order chi connectivity index (χ1) is 5.77. The van der Waals surface area contributed by atoms with Crippen molar-refractivity contribution in [2.24, 2.45) is 0 Å². The minimum Gasteiger partial charge on any atom is -0.389 e. The van der Waals surface area contributed by atoms with Crippen molar-refractivity contribution >= 4 is 7.85 Å². The Bertz CT molecular complexity index is 288. The molecule has 0 aromatic heterocycles.